The van der Waals surface area contributed by atoms with Gasteiger partial charge in [-0.1, -0.05) is 12.1 Å². The highest BCUT2D eigenvalue weighted by Crippen LogP contribution is 2.15. The van der Waals surface area contributed by atoms with Crippen LogP contribution in [-0.4, -0.2) is 41.9 Å². The van der Waals surface area contributed by atoms with Crippen LogP contribution in [0.25, 0.3) is 0 Å². The summed E-state index contributed by atoms with van der Waals surface area (Å²) in [6, 6.07) is 12.5. The van der Waals surface area contributed by atoms with Crippen molar-refractivity contribution in [3.63, 3.8) is 0 Å². The molecule has 2 aromatic carbocycles. The second kappa shape index (κ2) is 7.41. The van der Waals surface area contributed by atoms with Crippen LogP contribution in [0.3, 0.4) is 0 Å². The number of hydrogen-bond donors (Lipinski definition) is 0. The van der Waals surface area contributed by atoms with Gasteiger partial charge >= 0.3 is 0 Å². The lowest BCUT2D eigenvalue weighted by Crippen LogP contribution is -2.48. The Morgan fingerprint density at radius 2 is 1.72 bits per heavy atom. The van der Waals surface area contributed by atoms with E-state index >= 15 is 0 Å². The maximum Gasteiger partial charge on any atom is 0.256 e. The summed E-state index contributed by atoms with van der Waals surface area (Å²) in [5.74, 6) is -1.93. The predicted molar refractivity (Wildman–Crippen MR) is 88.7 cm³/mol. The normalized spacial score (nSPS) is 15.0. The van der Waals surface area contributed by atoms with Crippen LogP contribution in [0, 0.1) is 23.0 Å². The topological polar surface area (TPSA) is 47.3 Å². The van der Waals surface area contributed by atoms with Crippen molar-refractivity contribution in [3.8, 4) is 6.07 Å². The number of piperazine rings is 1. The third-order valence-electron chi connectivity index (χ3n) is 4.31. The molecule has 128 valence electrons. The van der Waals surface area contributed by atoms with Crippen molar-refractivity contribution < 1.29 is 13.6 Å². The molecule has 4 nitrogen and oxygen atoms in total. The summed E-state index contributed by atoms with van der Waals surface area (Å²) < 4.78 is 26.7. The van der Waals surface area contributed by atoms with Crippen LogP contribution in [0.4, 0.5) is 8.78 Å². The molecule has 0 spiro atoms. The van der Waals surface area contributed by atoms with Gasteiger partial charge in [0.05, 0.1) is 17.2 Å². The number of rotatable bonds is 3. The van der Waals surface area contributed by atoms with Crippen molar-refractivity contribution in [2.45, 2.75) is 6.54 Å². The number of nitriles is 1. The number of amides is 1. The second-order valence-electron chi connectivity index (χ2n) is 6.00. The van der Waals surface area contributed by atoms with Gasteiger partial charge in [0.25, 0.3) is 5.91 Å². The molecule has 0 radical (unpaired) electrons. The van der Waals surface area contributed by atoms with Crippen LogP contribution in [0.15, 0.2) is 42.5 Å². The standard InChI is InChI=1S/C19H17F2N3O/c20-16-5-6-17(18(21)11-16)19(25)24-9-7-23(8-10-24)13-15-3-1-14(12-22)2-4-15/h1-6,11H,7-10,13H2. The Bertz CT molecular complexity index is 806. The molecule has 0 unspecified atom stereocenters. The lowest BCUT2D eigenvalue weighted by molar-refractivity contribution is 0.0624. The molecule has 0 N–H and O–H groups in total. The van der Waals surface area contributed by atoms with Crippen molar-refractivity contribution >= 4 is 5.91 Å². The van der Waals surface area contributed by atoms with Crippen LogP contribution in [0.1, 0.15) is 21.5 Å². The maximum atomic E-state index is 13.8. The van der Waals surface area contributed by atoms with E-state index in [2.05, 4.69) is 11.0 Å². The van der Waals surface area contributed by atoms with Gasteiger partial charge in [0.1, 0.15) is 11.6 Å². The van der Waals surface area contributed by atoms with Crippen LogP contribution in [0.5, 0.6) is 0 Å². The number of carbonyl (C=O) groups is 1. The fourth-order valence-electron chi connectivity index (χ4n) is 2.89. The van der Waals surface area contributed by atoms with E-state index in [1.54, 1.807) is 17.0 Å². The number of nitrogens with zero attached hydrogens (tertiary/aromatic N) is 3. The third-order valence-corrected chi connectivity index (χ3v) is 4.31. The molecule has 1 aliphatic rings. The van der Waals surface area contributed by atoms with Gasteiger partial charge in [-0.2, -0.15) is 5.26 Å². The summed E-state index contributed by atoms with van der Waals surface area (Å²) in [7, 11) is 0. The first-order valence-corrected chi connectivity index (χ1v) is 8.02. The highest BCUT2D eigenvalue weighted by atomic mass is 19.1. The molecular weight excluding hydrogens is 324 g/mol. The molecule has 1 fully saturated rings. The molecule has 2 aromatic rings. The van der Waals surface area contributed by atoms with Gasteiger partial charge in [-0.3, -0.25) is 9.69 Å². The molecule has 1 heterocycles. The Balaban J connectivity index is 1.57. The quantitative estimate of drug-likeness (QED) is 0.862. The van der Waals surface area contributed by atoms with Gasteiger partial charge < -0.3 is 4.90 Å². The summed E-state index contributed by atoms with van der Waals surface area (Å²) in [6.07, 6.45) is 0. The van der Waals surface area contributed by atoms with E-state index < -0.39 is 17.5 Å². The molecule has 6 heteroatoms. The minimum atomic E-state index is -0.829. The van der Waals surface area contributed by atoms with E-state index in [1.165, 1.54) is 6.07 Å². The third kappa shape index (κ3) is 4.01. The molecule has 1 saturated heterocycles. The minimum Gasteiger partial charge on any atom is -0.336 e. The van der Waals surface area contributed by atoms with E-state index in [4.69, 9.17) is 5.26 Å². The minimum absolute atomic E-state index is 0.0954. The molecule has 0 aromatic heterocycles. The summed E-state index contributed by atoms with van der Waals surface area (Å²) in [6.45, 7) is 3.07. The average molecular weight is 341 g/mol. The van der Waals surface area contributed by atoms with Crippen molar-refractivity contribution in [2.24, 2.45) is 0 Å². The van der Waals surface area contributed by atoms with Crippen LogP contribution >= 0.6 is 0 Å². The zero-order valence-corrected chi connectivity index (χ0v) is 13.6. The Morgan fingerprint density at radius 3 is 2.32 bits per heavy atom. The number of benzene rings is 2. The summed E-state index contributed by atoms with van der Waals surface area (Å²) in [5, 5.41) is 8.81. The van der Waals surface area contributed by atoms with Crippen molar-refractivity contribution in [1.29, 1.82) is 5.26 Å². The first kappa shape index (κ1) is 17.1. The molecule has 0 saturated carbocycles. The summed E-state index contributed by atoms with van der Waals surface area (Å²) >= 11 is 0. The first-order valence-electron chi connectivity index (χ1n) is 8.02. The van der Waals surface area contributed by atoms with E-state index in [-0.39, 0.29) is 5.56 Å². The van der Waals surface area contributed by atoms with E-state index in [1.807, 2.05) is 12.1 Å². The number of hydrogen-bond acceptors (Lipinski definition) is 3. The summed E-state index contributed by atoms with van der Waals surface area (Å²) in [5.41, 5.74) is 1.63. The van der Waals surface area contributed by atoms with Gasteiger partial charge in [0.2, 0.25) is 0 Å². The molecule has 1 amide bonds. The van der Waals surface area contributed by atoms with Gasteiger partial charge in [-0.25, -0.2) is 8.78 Å². The second-order valence-corrected chi connectivity index (χ2v) is 6.00. The molecule has 0 bridgehead atoms. The predicted octanol–water partition coefficient (Wildman–Crippen LogP) is 2.79. The molecule has 0 aliphatic carbocycles. The highest BCUT2D eigenvalue weighted by Gasteiger charge is 2.24. The zero-order chi connectivity index (χ0) is 17.8. The monoisotopic (exact) mass is 341 g/mol. The van der Waals surface area contributed by atoms with Gasteiger partial charge in [-0.05, 0) is 29.8 Å². The Kier molecular flexibility index (Phi) is 5.05. The smallest absolute Gasteiger partial charge is 0.256 e. The largest absolute Gasteiger partial charge is 0.336 e. The fraction of sp³-hybridized carbons (Fsp3) is 0.263. The zero-order valence-electron chi connectivity index (χ0n) is 13.6. The van der Waals surface area contributed by atoms with Crippen molar-refractivity contribution in [1.82, 2.24) is 9.80 Å². The average Bonchev–Trinajstić information content (AvgIpc) is 2.62. The van der Waals surface area contributed by atoms with Crippen LogP contribution in [0.2, 0.25) is 0 Å². The molecule has 0 atom stereocenters. The van der Waals surface area contributed by atoms with Crippen LogP contribution in [-0.2, 0) is 6.54 Å². The van der Waals surface area contributed by atoms with Crippen molar-refractivity contribution in [2.75, 3.05) is 26.2 Å². The number of carbonyl (C=O) groups excluding carboxylic acids is 1. The summed E-state index contributed by atoms with van der Waals surface area (Å²) in [4.78, 5) is 16.2. The molecule has 3 rings (SSSR count). The molecule has 1 aliphatic heterocycles. The lowest BCUT2D eigenvalue weighted by atomic mass is 10.1. The Morgan fingerprint density at radius 1 is 1.04 bits per heavy atom. The number of halogens is 2. The fourth-order valence-corrected chi connectivity index (χ4v) is 2.89. The highest BCUT2D eigenvalue weighted by molar-refractivity contribution is 5.94. The maximum absolute atomic E-state index is 13.8. The molecular formula is C19H17F2N3O. The van der Waals surface area contributed by atoms with Crippen LogP contribution < -0.4 is 0 Å². The first-order chi connectivity index (χ1) is 12.1. The van der Waals surface area contributed by atoms with E-state index in [9.17, 15) is 13.6 Å². The van der Waals surface area contributed by atoms with Gasteiger partial charge in [-0.15, -0.1) is 0 Å². The van der Waals surface area contributed by atoms with E-state index in [0.717, 1.165) is 24.2 Å². The van der Waals surface area contributed by atoms with Gasteiger partial charge in [0.15, 0.2) is 0 Å². The lowest BCUT2D eigenvalue weighted by Gasteiger charge is -2.34. The SMILES string of the molecule is N#Cc1ccc(CN2CCN(C(=O)c3ccc(F)cc3F)CC2)cc1. The molecule has 25 heavy (non-hydrogen) atoms. The van der Waals surface area contributed by atoms with E-state index in [0.29, 0.717) is 31.7 Å². The van der Waals surface area contributed by atoms with Gasteiger partial charge in [0, 0.05) is 38.8 Å². The Labute approximate surface area is 144 Å². The Hall–Kier alpha value is -2.78. The van der Waals surface area contributed by atoms with Crippen molar-refractivity contribution in [3.05, 3.63) is 70.8 Å².